The highest BCUT2D eigenvalue weighted by molar-refractivity contribution is 5.95. The van der Waals surface area contributed by atoms with Gasteiger partial charge in [-0.2, -0.15) is 0 Å². The van der Waals surface area contributed by atoms with E-state index in [4.69, 9.17) is 4.98 Å². The zero-order valence-corrected chi connectivity index (χ0v) is 16.3. The molecule has 1 fully saturated rings. The van der Waals surface area contributed by atoms with Crippen molar-refractivity contribution in [1.29, 1.82) is 0 Å². The minimum absolute atomic E-state index is 0.00801. The van der Waals surface area contributed by atoms with Gasteiger partial charge in [0.15, 0.2) is 0 Å². The number of aromatic nitrogens is 1. The molecule has 0 saturated carbocycles. The molecule has 6 nitrogen and oxygen atoms in total. The summed E-state index contributed by atoms with van der Waals surface area (Å²) < 4.78 is 0. The van der Waals surface area contributed by atoms with Crippen LogP contribution in [0.2, 0.25) is 0 Å². The predicted octanol–water partition coefficient (Wildman–Crippen LogP) is 2.95. The molecule has 26 heavy (non-hydrogen) atoms. The van der Waals surface area contributed by atoms with Gasteiger partial charge in [-0.3, -0.25) is 9.78 Å². The number of amides is 3. The maximum Gasteiger partial charge on any atom is 0.317 e. The van der Waals surface area contributed by atoms with Gasteiger partial charge in [-0.1, -0.05) is 6.08 Å². The Morgan fingerprint density at radius 3 is 2.62 bits per heavy atom. The van der Waals surface area contributed by atoms with E-state index in [0.717, 1.165) is 24.2 Å². The van der Waals surface area contributed by atoms with Crippen LogP contribution in [0.15, 0.2) is 24.8 Å². The normalized spacial score (nSPS) is 15.0. The first-order valence-electron chi connectivity index (χ1n) is 9.23. The molecule has 2 rings (SSSR count). The van der Waals surface area contributed by atoms with Gasteiger partial charge < -0.3 is 15.1 Å². The second kappa shape index (κ2) is 8.83. The molecule has 0 unspecified atom stereocenters. The van der Waals surface area contributed by atoms with E-state index in [-0.39, 0.29) is 23.9 Å². The standard InChI is InChI=1S/C20H30N4O2/c1-6-11-21-20(26)24-12-9-16(10-13-24)18-17(8-7-15(4)22-18)19(25)23(5)14(2)3/h6-8,14,16H,1,9-13H2,2-5H3,(H,21,26). The lowest BCUT2D eigenvalue weighted by Gasteiger charge is -2.33. The molecule has 0 spiro atoms. The lowest BCUT2D eigenvalue weighted by atomic mass is 9.89. The molecule has 1 saturated heterocycles. The van der Waals surface area contributed by atoms with Crippen molar-refractivity contribution in [3.8, 4) is 0 Å². The van der Waals surface area contributed by atoms with Crippen molar-refractivity contribution in [2.45, 2.75) is 45.6 Å². The summed E-state index contributed by atoms with van der Waals surface area (Å²) >= 11 is 0. The van der Waals surface area contributed by atoms with Crippen molar-refractivity contribution in [2.24, 2.45) is 0 Å². The molecule has 0 radical (unpaired) electrons. The number of rotatable bonds is 5. The molecule has 1 aromatic rings. The van der Waals surface area contributed by atoms with Crippen LogP contribution in [0.25, 0.3) is 0 Å². The lowest BCUT2D eigenvalue weighted by molar-refractivity contribution is 0.0751. The number of aryl methyl sites for hydroxylation is 1. The smallest absolute Gasteiger partial charge is 0.317 e. The number of nitrogens with zero attached hydrogens (tertiary/aromatic N) is 3. The molecule has 6 heteroatoms. The molecule has 1 aliphatic heterocycles. The summed E-state index contributed by atoms with van der Waals surface area (Å²) in [4.78, 5) is 33.2. The zero-order valence-electron chi connectivity index (χ0n) is 16.3. The van der Waals surface area contributed by atoms with Crippen molar-refractivity contribution in [3.63, 3.8) is 0 Å². The average molecular weight is 358 g/mol. The number of likely N-dealkylation sites (tertiary alicyclic amines) is 1. The van der Waals surface area contributed by atoms with Gasteiger partial charge in [0.05, 0.1) is 11.3 Å². The lowest BCUT2D eigenvalue weighted by Crippen LogP contribution is -2.44. The third-order valence-electron chi connectivity index (χ3n) is 4.96. The number of nitrogens with one attached hydrogen (secondary N) is 1. The highest BCUT2D eigenvalue weighted by Gasteiger charge is 2.29. The molecule has 1 aliphatic rings. The molecule has 0 atom stereocenters. The number of carbonyl (C=O) groups is 2. The number of pyridine rings is 1. The third kappa shape index (κ3) is 4.62. The maximum absolute atomic E-state index is 12.9. The van der Waals surface area contributed by atoms with E-state index in [0.29, 0.717) is 25.2 Å². The van der Waals surface area contributed by atoms with Crippen LogP contribution in [-0.2, 0) is 0 Å². The quantitative estimate of drug-likeness (QED) is 0.823. The monoisotopic (exact) mass is 358 g/mol. The van der Waals surface area contributed by atoms with Crippen LogP contribution < -0.4 is 5.32 Å². The first kappa shape index (κ1) is 19.9. The molecule has 3 amide bonds. The molecule has 0 aliphatic carbocycles. The van der Waals surface area contributed by atoms with Crippen LogP contribution in [0, 0.1) is 6.92 Å². The van der Waals surface area contributed by atoms with Gasteiger partial charge in [-0.05, 0) is 45.7 Å². The summed E-state index contributed by atoms with van der Waals surface area (Å²) in [5, 5.41) is 2.82. The second-order valence-corrected chi connectivity index (χ2v) is 7.13. The Hall–Kier alpha value is -2.37. The number of carbonyl (C=O) groups excluding carboxylic acids is 2. The van der Waals surface area contributed by atoms with Crippen molar-refractivity contribution in [1.82, 2.24) is 20.1 Å². The van der Waals surface area contributed by atoms with Crippen LogP contribution in [0.1, 0.15) is 54.4 Å². The summed E-state index contributed by atoms with van der Waals surface area (Å²) in [7, 11) is 1.82. The number of urea groups is 1. The van der Waals surface area contributed by atoms with E-state index in [1.54, 1.807) is 11.0 Å². The fourth-order valence-corrected chi connectivity index (χ4v) is 3.12. The van der Waals surface area contributed by atoms with Gasteiger partial charge >= 0.3 is 6.03 Å². The highest BCUT2D eigenvalue weighted by atomic mass is 16.2. The van der Waals surface area contributed by atoms with E-state index in [1.165, 1.54) is 0 Å². The highest BCUT2D eigenvalue weighted by Crippen LogP contribution is 2.30. The molecule has 0 aromatic carbocycles. The Labute approximate surface area is 156 Å². The van der Waals surface area contributed by atoms with Crippen LogP contribution in [0.3, 0.4) is 0 Å². The molecule has 142 valence electrons. The predicted molar refractivity (Wildman–Crippen MR) is 103 cm³/mol. The minimum Gasteiger partial charge on any atom is -0.339 e. The fraction of sp³-hybridized carbons (Fsp3) is 0.550. The topological polar surface area (TPSA) is 65.5 Å². The Kier molecular flexibility index (Phi) is 6.77. The largest absolute Gasteiger partial charge is 0.339 e. The Balaban J connectivity index is 2.14. The van der Waals surface area contributed by atoms with Crippen molar-refractivity contribution in [3.05, 3.63) is 41.7 Å². The van der Waals surface area contributed by atoms with Gasteiger partial charge in [0.2, 0.25) is 0 Å². The van der Waals surface area contributed by atoms with Crippen molar-refractivity contribution < 1.29 is 9.59 Å². The van der Waals surface area contributed by atoms with E-state index in [9.17, 15) is 9.59 Å². The van der Waals surface area contributed by atoms with Gasteiger partial charge in [-0.15, -0.1) is 6.58 Å². The number of hydrogen-bond donors (Lipinski definition) is 1. The van der Waals surface area contributed by atoms with E-state index >= 15 is 0 Å². The SMILES string of the molecule is C=CCNC(=O)N1CCC(c2nc(C)ccc2C(=O)N(C)C(C)C)CC1. The molecular formula is C20H30N4O2. The molecule has 1 N–H and O–H groups in total. The molecule has 1 aromatic heterocycles. The van der Waals surface area contributed by atoms with E-state index in [1.807, 2.05) is 44.9 Å². The van der Waals surface area contributed by atoms with Crippen LogP contribution in [0.4, 0.5) is 4.79 Å². The summed E-state index contributed by atoms with van der Waals surface area (Å²) in [5.41, 5.74) is 2.46. The third-order valence-corrected chi connectivity index (χ3v) is 4.96. The minimum atomic E-state index is -0.0589. The van der Waals surface area contributed by atoms with Gasteiger partial charge in [0.25, 0.3) is 5.91 Å². The summed E-state index contributed by atoms with van der Waals surface area (Å²) in [5.74, 6) is 0.200. The second-order valence-electron chi connectivity index (χ2n) is 7.13. The van der Waals surface area contributed by atoms with Crippen LogP contribution in [0.5, 0.6) is 0 Å². The van der Waals surface area contributed by atoms with Crippen molar-refractivity contribution in [2.75, 3.05) is 26.7 Å². The van der Waals surface area contributed by atoms with E-state index < -0.39 is 0 Å². The van der Waals surface area contributed by atoms with Crippen LogP contribution in [-0.4, -0.2) is 59.4 Å². The van der Waals surface area contributed by atoms with Gasteiger partial charge in [-0.25, -0.2) is 4.79 Å². The molecule has 2 heterocycles. The summed E-state index contributed by atoms with van der Waals surface area (Å²) in [6.07, 6.45) is 3.29. The Morgan fingerprint density at radius 2 is 2.04 bits per heavy atom. The van der Waals surface area contributed by atoms with Crippen molar-refractivity contribution >= 4 is 11.9 Å². The molecule has 0 bridgehead atoms. The Bertz CT molecular complexity index is 664. The van der Waals surface area contributed by atoms with Gasteiger partial charge in [0, 0.05) is 44.3 Å². The fourth-order valence-electron chi connectivity index (χ4n) is 3.12. The number of hydrogen-bond acceptors (Lipinski definition) is 3. The zero-order chi connectivity index (χ0) is 19.3. The summed E-state index contributed by atoms with van der Waals surface area (Å²) in [6, 6.07) is 3.86. The number of piperidine rings is 1. The first-order chi connectivity index (χ1) is 12.3. The van der Waals surface area contributed by atoms with Gasteiger partial charge in [0.1, 0.15) is 0 Å². The van der Waals surface area contributed by atoms with Crippen LogP contribution >= 0.6 is 0 Å². The van der Waals surface area contributed by atoms with E-state index in [2.05, 4.69) is 11.9 Å². The Morgan fingerprint density at radius 1 is 1.38 bits per heavy atom. The average Bonchev–Trinajstić information content (AvgIpc) is 2.64. The molecular weight excluding hydrogens is 328 g/mol. The first-order valence-corrected chi connectivity index (χ1v) is 9.23. The summed E-state index contributed by atoms with van der Waals surface area (Å²) in [6.45, 7) is 11.4. The maximum atomic E-state index is 12.9.